The summed E-state index contributed by atoms with van der Waals surface area (Å²) in [5, 5.41) is 6.19. The van der Waals surface area contributed by atoms with Gasteiger partial charge in [-0.2, -0.15) is 0 Å². The van der Waals surface area contributed by atoms with Gasteiger partial charge in [-0.1, -0.05) is 6.07 Å². The van der Waals surface area contributed by atoms with E-state index in [4.69, 9.17) is 0 Å². The largest absolute Gasteiger partial charge is 0.347 e. The van der Waals surface area contributed by atoms with Crippen molar-refractivity contribution in [2.75, 3.05) is 5.32 Å². The van der Waals surface area contributed by atoms with Crippen molar-refractivity contribution in [1.82, 2.24) is 15.3 Å². The highest BCUT2D eigenvalue weighted by Crippen LogP contribution is 2.16. The van der Waals surface area contributed by atoms with E-state index in [1.807, 2.05) is 25.1 Å². The Morgan fingerprint density at radius 1 is 1.35 bits per heavy atom. The van der Waals surface area contributed by atoms with Gasteiger partial charge in [-0.05, 0) is 37.1 Å². The number of fused-ring (bicyclic) bond motifs is 1. The number of carbonyl (C=O) groups is 1. The van der Waals surface area contributed by atoms with Gasteiger partial charge in [0.2, 0.25) is 5.91 Å². The molecule has 2 aromatic rings. The Morgan fingerprint density at radius 2 is 2.20 bits per heavy atom. The van der Waals surface area contributed by atoms with Crippen molar-refractivity contribution >= 4 is 11.6 Å². The van der Waals surface area contributed by atoms with Crippen LogP contribution in [-0.4, -0.2) is 21.9 Å². The SMILES string of the molecule is Cc1ccc(NC(=O)C2Cc3nc[nH]c3CN2)cc1C. The first-order valence-electron chi connectivity index (χ1n) is 6.76. The van der Waals surface area contributed by atoms with Gasteiger partial charge in [-0.3, -0.25) is 10.1 Å². The molecule has 0 aliphatic carbocycles. The predicted octanol–water partition coefficient (Wildman–Crippen LogP) is 1.68. The van der Waals surface area contributed by atoms with Crippen molar-refractivity contribution in [2.24, 2.45) is 0 Å². The molecule has 3 N–H and O–H groups in total. The lowest BCUT2D eigenvalue weighted by atomic mass is 10.0. The van der Waals surface area contributed by atoms with E-state index in [-0.39, 0.29) is 11.9 Å². The summed E-state index contributed by atoms with van der Waals surface area (Å²) in [6.07, 6.45) is 2.30. The van der Waals surface area contributed by atoms with Gasteiger partial charge < -0.3 is 10.3 Å². The summed E-state index contributed by atoms with van der Waals surface area (Å²) >= 11 is 0. The first-order valence-corrected chi connectivity index (χ1v) is 6.76. The minimum Gasteiger partial charge on any atom is -0.347 e. The Balaban J connectivity index is 1.69. The topological polar surface area (TPSA) is 69.8 Å². The number of benzene rings is 1. The van der Waals surface area contributed by atoms with Crippen LogP contribution in [0.5, 0.6) is 0 Å². The summed E-state index contributed by atoms with van der Waals surface area (Å²) in [5.41, 5.74) is 5.28. The maximum absolute atomic E-state index is 12.3. The maximum atomic E-state index is 12.3. The van der Waals surface area contributed by atoms with E-state index in [2.05, 4.69) is 27.5 Å². The number of aromatic amines is 1. The molecule has 1 unspecified atom stereocenters. The van der Waals surface area contributed by atoms with Gasteiger partial charge in [0, 0.05) is 18.7 Å². The molecule has 1 aliphatic rings. The van der Waals surface area contributed by atoms with Crippen LogP contribution in [0.4, 0.5) is 5.69 Å². The molecule has 1 aromatic carbocycles. The molecule has 3 rings (SSSR count). The first-order chi connectivity index (χ1) is 9.63. The molecule has 5 heteroatoms. The van der Waals surface area contributed by atoms with Crippen LogP contribution >= 0.6 is 0 Å². The molecular weight excluding hydrogens is 252 g/mol. The van der Waals surface area contributed by atoms with Crippen molar-refractivity contribution in [3.05, 3.63) is 47.0 Å². The number of hydrogen-bond acceptors (Lipinski definition) is 3. The van der Waals surface area contributed by atoms with Crippen LogP contribution in [0.1, 0.15) is 22.5 Å². The Kier molecular flexibility index (Phi) is 3.28. The van der Waals surface area contributed by atoms with Crippen LogP contribution in [0.2, 0.25) is 0 Å². The normalized spacial score (nSPS) is 17.6. The molecule has 0 bridgehead atoms. The molecule has 0 spiro atoms. The highest BCUT2D eigenvalue weighted by molar-refractivity contribution is 5.95. The predicted molar refractivity (Wildman–Crippen MR) is 77.5 cm³/mol. The smallest absolute Gasteiger partial charge is 0.241 e. The molecule has 0 saturated heterocycles. The summed E-state index contributed by atoms with van der Waals surface area (Å²) < 4.78 is 0. The second-order valence-electron chi connectivity index (χ2n) is 5.25. The molecular formula is C15H18N4O. The molecule has 0 fully saturated rings. The average Bonchev–Trinajstić information content (AvgIpc) is 2.90. The standard InChI is InChI=1S/C15H18N4O/c1-9-3-4-11(5-10(9)2)19-15(20)13-6-12-14(7-16-13)18-8-17-12/h3-5,8,13,16H,6-7H2,1-2H3,(H,17,18)(H,19,20). The van der Waals surface area contributed by atoms with Gasteiger partial charge in [0.15, 0.2) is 0 Å². The second-order valence-corrected chi connectivity index (χ2v) is 5.25. The van der Waals surface area contributed by atoms with Crippen molar-refractivity contribution in [3.63, 3.8) is 0 Å². The number of aryl methyl sites for hydroxylation is 2. The van der Waals surface area contributed by atoms with Gasteiger partial charge in [-0.15, -0.1) is 0 Å². The minimum absolute atomic E-state index is 0.0121. The van der Waals surface area contributed by atoms with Crippen molar-refractivity contribution in [1.29, 1.82) is 0 Å². The van der Waals surface area contributed by atoms with E-state index in [0.29, 0.717) is 13.0 Å². The van der Waals surface area contributed by atoms with Crippen LogP contribution in [0, 0.1) is 13.8 Å². The van der Waals surface area contributed by atoms with E-state index in [0.717, 1.165) is 17.1 Å². The highest BCUT2D eigenvalue weighted by atomic mass is 16.2. The van der Waals surface area contributed by atoms with Crippen LogP contribution in [0.25, 0.3) is 0 Å². The molecule has 104 valence electrons. The third-order valence-electron chi connectivity index (χ3n) is 3.82. The Hall–Kier alpha value is -2.14. The first kappa shape index (κ1) is 12.9. The summed E-state index contributed by atoms with van der Waals surface area (Å²) in [6.45, 7) is 4.75. The Labute approximate surface area is 117 Å². The third-order valence-corrected chi connectivity index (χ3v) is 3.82. The number of H-pyrrole nitrogens is 1. The highest BCUT2D eigenvalue weighted by Gasteiger charge is 2.25. The summed E-state index contributed by atoms with van der Waals surface area (Å²) in [4.78, 5) is 19.6. The number of amides is 1. The molecule has 1 amide bonds. The molecule has 20 heavy (non-hydrogen) atoms. The van der Waals surface area contributed by atoms with Gasteiger partial charge in [0.05, 0.1) is 23.8 Å². The van der Waals surface area contributed by atoms with Crippen molar-refractivity contribution in [3.8, 4) is 0 Å². The number of imidazole rings is 1. The fourth-order valence-electron chi connectivity index (χ4n) is 2.40. The average molecular weight is 270 g/mol. The quantitative estimate of drug-likeness (QED) is 0.777. The number of rotatable bonds is 2. The van der Waals surface area contributed by atoms with Crippen LogP contribution in [-0.2, 0) is 17.8 Å². The fourth-order valence-corrected chi connectivity index (χ4v) is 2.40. The zero-order valence-electron chi connectivity index (χ0n) is 11.7. The van der Waals surface area contributed by atoms with E-state index in [1.54, 1.807) is 6.33 Å². The number of carbonyl (C=O) groups excluding carboxylic acids is 1. The molecule has 0 radical (unpaired) electrons. The second kappa shape index (κ2) is 5.09. The Bertz CT molecular complexity index is 647. The van der Waals surface area contributed by atoms with E-state index in [1.165, 1.54) is 11.1 Å². The summed E-state index contributed by atoms with van der Waals surface area (Å²) in [7, 11) is 0. The zero-order chi connectivity index (χ0) is 14.1. The minimum atomic E-state index is -0.229. The molecule has 1 aromatic heterocycles. The van der Waals surface area contributed by atoms with Gasteiger partial charge in [0.25, 0.3) is 0 Å². The van der Waals surface area contributed by atoms with Gasteiger partial charge in [0.1, 0.15) is 0 Å². The van der Waals surface area contributed by atoms with Gasteiger partial charge >= 0.3 is 0 Å². The lowest BCUT2D eigenvalue weighted by Crippen LogP contribution is -2.44. The van der Waals surface area contributed by atoms with Crippen LogP contribution < -0.4 is 10.6 Å². The van der Waals surface area contributed by atoms with Crippen LogP contribution in [0.15, 0.2) is 24.5 Å². The molecule has 1 aliphatic heterocycles. The van der Waals surface area contributed by atoms with E-state index >= 15 is 0 Å². The molecule has 5 nitrogen and oxygen atoms in total. The molecule has 1 atom stereocenters. The molecule has 0 saturated carbocycles. The summed E-state index contributed by atoms with van der Waals surface area (Å²) in [5.74, 6) is -0.0121. The monoisotopic (exact) mass is 270 g/mol. The fraction of sp³-hybridized carbons (Fsp3) is 0.333. The number of nitrogens with zero attached hydrogens (tertiary/aromatic N) is 1. The summed E-state index contributed by atoms with van der Waals surface area (Å²) in [6, 6.07) is 5.72. The lowest BCUT2D eigenvalue weighted by molar-refractivity contribution is -0.118. The number of aromatic nitrogens is 2. The zero-order valence-corrected chi connectivity index (χ0v) is 11.7. The van der Waals surface area contributed by atoms with Crippen LogP contribution in [0.3, 0.4) is 0 Å². The lowest BCUT2D eigenvalue weighted by Gasteiger charge is -2.22. The van der Waals surface area contributed by atoms with Crippen molar-refractivity contribution < 1.29 is 4.79 Å². The number of hydrogen-bond donors (Lipinski definition) is 3. The van der Waals surface area contributed by atoms with E-state index < -0.39 is 0 Å². The van der Waals surface area contributed by atoms with Crippen molar-refractivity contribution in [2.45, 2.75) is 32.9 Å². The Morgan fingerprint density at radius 3 is 3.00 bits per heavy atom. The molecule has 2 heterocycles. The number of anilines is 1. The number of nitrogens with one attached hydrogen (secondary N) is 3. The van der Waals surface area contributed by atoms with Gasteiger partial charge in [-0.25, -0.2) is 4.98 Å². The third kappa shape index (κ3) is 2.44. The van der Waals surface area contributed by atoms with E-state index in [9.17, 15) is 4.79 Å². The maximum Gasteiger partial charge on any atom is 0.241 e.